The highest BCUT2D eigenvalue weighted by Crippen LogP contribution is 2.44. The zero-order valence-corrected chi connectivity index (χ0v) is 17.5. The summed E-state index contributed by atoms with van der Waals surface area (Å²) in [6.07, 6.45) is 3.44. The van der Waals surface area contributed by atoms with Gasteiger partial charge in [-0.25, -0.2) is 0 Å². The van der Waals surface area contributed by atoms with E-state index in [-0.39, 0.29) is 17.9 Å². The van der Waals surface area contributed by atoms with Crippen molar-refractivity contribution in [1.82, 2.24) is 15.2 Å². The number of thiophene rings is 1. The molecule has 7 heteroatoms. The Morgan fingerprint density at radius 2 is 2.07 bits per heavy atom. The molecule has 30 heavy (non-hydrogen) atoms. The van der Waals surface area contributed by atoms with E-state index in [4.69, 9.17) is 4.74 Å². The summed E-state index contributed by atoms with van der Waals surface area (Å²) in [6.45, 7) is 1.20. The number of ether oxygens (including phenoxy) is 1. The standard InChI is InChI=1S/C23H23N3O3S/c1-29-12-11-26-21(19-9-5-13-30-19)20(17-7-2-3-8-18(17)23(26)28)22(27)25-15-16-6-4-10-24-14-16/h2-10,13-14,20-21H,11-12,15H2,1H3,(H,25,27)/t20-,21+/m1/s1. The van der Waals surface area contributed by atoms with Crippen LogP contribution >= 0.6 is 11.3 Å². The number of pyridine rings is 1. The summed E-state index contributed by atoms with van der Waals surface area (Å²) in [5.74, 6) is -0.692. The maximum Gasteiger partial charge on any atom is 0.254 e. The van der Waals surface area contributed by atoms with Crippen LogP contribution in [-0.4, -0.2) is 42.0 Å². The molecule has 3 aromatic rings. The van der Waals surface area contributed by atoms with Crippen molar-refractivity contribution in [2.24, 2.45) is 0 Å². The molecule has 0 saturated carbocycles. The first kappa shape index (κ1) is 20.3. The van der Waals surface area contributed by atoms with Crippen LogP contribution in [0.3, 0.4) is 0 Å². The lowest BCUT2D eigenvalue weighted by Crippen LogP contribution is -2.48. The average Bonchev–Trinajstić information content (AvgIpc) is 3.32. The molecule has 0 bridgehead atoms. The van der Waals surface area contributed by atoms with Crippen LogP contribution in [0.25, 0.3) is 0 Å². The Morgan fingerprint density at radius 1 is 1.20 bits per heavy atom. The zero-order valence-electron chi connectivity index (χ0n) is 16.7. The summed E-state index contributed by atoms with van der Waals surface area (Å²) in [6, 6.07) is 14.7. The fraction of sp³-hybridized carbons (Fsp3) is 0.261. The Morgan fingerprint density at radius 3 is 2.80 bits per heavy atom. The van der Waals surface area contributed by atoms with Gasteiger partial charge in [-0.1, -0.05) is 30.3 Å². The van der Waals surface area contributed by atoms with Crippen LogP contribution in [0.2, 0.25) is 0 Å². The molecule has 0 aliphatic carbocycles. The van der Waals surface area contributed by atoms with Crippen LogP contribution in [-0.2, 0) is 16.1 Å². The lowest BCUT2D eigenvalue weighted by Gasteiger charge is -2.41. The first-order valence-electron chi connectivity index (χ1n) is 9.79. The maximum absolute atomic E-state index is 13.5. The molecule has 0 radical (unpaired) electrons. The number of aromatic nitrogens is 1. The van der Waals surface area contributed by atoms with Gasteiger partial charge in [0.25, 0.3) is 5.91 Å². The number of benzene rings is 1. The van der Waals surface area contributed by atoms with Gasteiger partial charge in [0.05, 0.1) is 18.6 Å². The van der Waals surface area contributed by atoms with E-state index in [2.05, 4.69) is 10.3 Å². The Hall–Kier alpha value is -3.03. The van der Waals surface area contributed by atoms with Crippen LogP contribution in [0, 0.1) is 0 Å². The number of carbonyl (C=O) groups is 2. The predicted octanol–water partition coefficient (Wildman–Crippen LogP) is 3.39. The monoisotopic (exact) mass is 421 g/mol. The van der Waals surface area contributed by atoms with E-state index >= 15 is 0 Å². The Labute approximate surface area is 179 Å². The van der Waals surface area contributed by atoms with Crippen LogP contribution in [0.1, 0.15) is 38.3 Å². The van der Waals surface area contributed by atoms with Gasteiger partial charge in [0.1, 0.15) is 0 Å². The maximum atomic E-state index is 13.5. The number of nitrogens with one attached hydrogen (secondary N) is 1. The lowest BCUT2D eigenvalue weighted by molar-refractivity contribution is -0.124. The number of hydrogen-bond donors (Lipinski definition) is 1. The van der Waals surface area contributed by atoms with Gasteiger partial charge >= 0.3 is 0 Å². The number of nitrogens with zero attached hydrogens (tertiary/aromatic N) is 2. The van der Waals surface area contributed by atoms with E-state index in [1.54, 1.807) is 41.8 Å². The summed E-state index contributed by atoms with van der Waals surface area (Å²) < 4.78 is 5.25. The van der Waals surface area contributed by atoms with Crippen molar-refractivity contribution >= 4 is 23.2 Å². The quantitative estimate of drug-likeness (QED) is 0.635. The van der Waals surface area contributed by atoms with Gasteiger partial charge in [-0.2, -0.15) is 0 Å². The molecule has 2 amide bonds. The van der Waals surface area contributed by atoms with Crippen LogP contribution in [0.5, 0.6) is 0 Å². The smallest absolute Gasteiger partial charge is 0.254 e. The summed E-state index contributed by atoms with van der Waals surface area (Å²) in [5.41, 5.74) is 2.26. The molecule has 2 atom stereocenters. The zero-order chi connectivity index (χ0) is 20.9. The van der Waals surface area contributed by atoms with Crippen LogP contribution in [0.15, 0.2) is 66.3 Å². The number of fused-ring (bicyclic) bond motifs is 1. The highest BCUT2D eigenvalue weighted by Gasteiger charge is 2.44. The third-order valence-corrected chi connectivity index (χ3v) is 6.22. The SMILES string of the molecule is COCCN1C(=O)c2ccccc2[C@@H](C(=O)NCc2cccnc2)[C@@H]1c1cccs1. The van der Waals surface area contributed by atoms with Gasteiger partial charge in [-0.3, -0.25) is 14.6 Å². The van der Waals surface area contributed by atoms with Crippen molar-refractivity contribution < 1.29 is 14.3 Å². The number of rotatable bonds is 7. The van der Waals surface area contributed by atoms with Crippen molar-refractivity contribution in [3.8, 4) is 0 Å². The summed E-state index contributed by atoms with van der Waals surface area (Å²) in [5, 5.41) is 5.02. The Bertz CT molecular complexity index is 1010. The molecule has 0 saturated heterocycles. The second kappa shape index (κ2) is 9.19. The molecule has 0 fully saturated rings. The minimum atomic E-state index is -0.508. The van der Waals surface area contributed by atoms with E-state index in [0.29, 0.717) is 25.3 Å². The molecule has 6 nitrogen and oxygen atoms in total. The third-order valence-electron chi connectivity index (χ3n) is 5.28. The Kier molecular flexibility index (Phi) is 6.21. The second-order valence-corrected chi connectivity index (χ2v) is 8.07. The summed E-state index contributed by atoms with van der Waals surface area (Å²) in [7, 11) is 1.61. The van der Waals surface area contributed by atoms with Crippen molar-refractivity contribution in [3.05, 3.63) is 87.9 Å². The van der Waals surface area contributed by atoms with Gasteiger partial charge in [-0.15, -0.1) is 11.3 Å². The van der Waals surface area contributed by atoms with E-state index in [1.807, 2.05) is 47.8 Å². The largest absolute Gasteiger partial charge is 0.383 e. The highest BCUT2D eigenvalue weighted by molar-refractivity contribution is 7.10. The van der Waals surface area contributed by atoms with Gasteiger partial charge in [-0.05, 0) is 34.7 Å². The first-order chi connectivity index (χ1) is 14.7. The predicted molar refractivity (Wildman–Crippen MR) is 115 cm³/mol. The normalized spacial score (nSPS) is 18.2. The molecule has 0 spiro atoms. The topological polar surface area (TPSA) is 71.5 Å². The molecule has 154 valence electrons. The number of amides is 2. The molecule has 4 rings (SSSR count). The van der Waals surface area contributed by atoms with Gasteiger partial charge in [0, 0.05) is 43.0 Å². The molecular formula is C23H23N3O3S. The Balaban J connectivity index is 1.72. The number of carbonyl (C=O) groups excluding carboxylic acids is 2. The average molecular weight is 422 g/mol. The molecule has 1 aromatic carbocycles. The first-order valence-corrected chi connectivity index (χ1v) is 10.7. The van der Waals surface area contributed by atoms with Gasteiger partial charge < -0.3 is 15.0 Å². The third kappa shape index (κ3) is 3.99. The molecule has 1 aliphatic rings. The van der Waals surface area contributed by atoms with Gasteiger partial charge in [0.2, 0.25) is 5.91 Å². The lowest BCUT2D eigenvalue weighted by atomic mass is 9.81. The number of hydrogen-bond acceptors (Lipinski definition) is 5. The van der Waals surface area contributed by atoms with Crippen molar-refractivity contribution in [1.29, 1.82) is 0 Å². The van der Waals surface area contributed by atoms with Crippen LogP contribution < -0.4 is 5.32 Å². The molecule has 3 heterocycles. The van der Waals surface area contributed by atoms with Crippen molar-refractivity contribution in [3.63, 3.8) is 0 Å². The molecular weight excluding hydrogens is 398 g/mol. The summed E-state index contributed by atoms with van der Waals surface area (Å²) >= 11 is 1.55. The number of methoxy groups -OCH3 is 1. The van der Waals surface area contributed by atoms with E-state index < -0.39 is 5.92 Å². The second-order valence-electron chi connectivity index (χ2n) is 7.10. The minimum Gasteiger partial charge on any atom is -0.383 e. The van der Waals surface area contributed by atoms with Gasteiger partial charge in [0.15, 0.2) is 0 Å². The fourth-order valence-electron chi connectivity index (χ4n) is 3.89. The van der Waals surface area contributed by atoms with E-state index in [1.165, 1.54) is 0 Å². The molecule has 2 aromatic heterocycles. The van der Waals surface area contributed by atoms with Crippen molar-refractivity contribution in [2.75, 3.05) is 20.3 Å². The highest BCUT2D eigenvalue weighted by atomic mass is 32.1. The van der Waals surface area contributed by atoms with Crippen molar-refractivity contribution in [2.45, 2.75) is 18.5 Å². The fourth-order valence-corrected chi connectivity index (χ4v) is 4.76. The van der Waals surface area contributed by atoms with E-state index in [0.717, 1.165) is 16.0 Å². The molecule has 1 N–H and O–H groups in total. The summed E-state index contributed by atoms with van der Waals surface area (Å²) in [4.78, 5) is 33.6. The molecule has 1 aliphatic heterocycles. The van der Waals surface area contributed by atoms with E-state index in [9.17, 15) is 9.59 Å². The van der Waals surface area contributed by atoms with Crippen LogP contribution in [0.4, 0.5) is 0 Å². The molecule has 0 unspecified atom stereocenters. The minimum absolute atomic E-state index is 0.0719.